The van der Waals surface area contributed by atoms with E-state index in [0.29, 0.717) is 22.9 Å². The number of methoxy groups -OCH3 is 1. The van der Waals surface area contributed by atoms with E-state index < -0.39 is 0 Å². The minimum Gasteiger partial charge on any atom is -0.488 e. The Morgan fingerprint density at radius 1 is 1.03 bits per heavy atom. The highest BCUT2D eigenvalue weighted by atomic mass is 32.1. The summed E-state index contributed by atoms with van der Waals surface area (Å²) in [4.78, 5) is 4.21. The molecule has 6 rings (SSSR count). The largest absolute Gasteiger partial charge is 0.488 e. The second kappa shape index (κ2) is 9.64. The fourth-order valence-electron chi connectivity index (χ4n) is 4.58. The van der Waals surface area contributed by atoms with Crippen LogP contribution in [-0.2, 0) is 19.6 Å². The number of rotatable bonds is 6. The second-order valence-corrected chi connectivity index (χ2v) is 9.49. The molecule has 1 N–H and O–H groups in total. The topological polar surface area (TPSA) is 69.2 Å². The lowest BCUT2D eigenvalue weighted by Crippen LogP contribution is -2.23. The van der Waals surface area contributed by atoms with Gasteiger partial charge in [-0.05, 0) is 65.9 Å². The summed E-state index contributed by atoms with van der Waals surface area (Å²) in [7, 11) is 1.56. The van der Waals surface area contributed by atoms with Crippen LogP contribution in [0.3, 0.4) is 0 Å². The van der Waals surface area contributed by atoms with Crippen LogP contribution in [0.25, 0.3) is 32.6 Å². The number of benzene rings is 2. The highest BCUT2D eigenvalue weighted by Crippen LogP contribution is 2.40. The van der Waals surface area contributed by atoms with Crippen LogP contribution in [0.2, 0.25) is 0 Å². The van der Waals surface area contributed by atoms with E-state index in [-0.39, 0.29) is 12.4 Å². The van der Waals surface area contributed by atoms with Crippen LogP contribution in [-0.4, -0.2) is 28.8 Å². The number of pyridine rings is 1. The van der Waals surface area contributed by atoms with Crippen LogP contribution in [0.5, 0.6) is 11.6 Å². The van der Waals surface area contributed by atoms with E-state index >= 15 is 0 Å². The maximum absolute atomic E-state index is 14.3. The molecule has 36 heavy (non-hydrogen) atoms. The van der Waals surface area contributed by atoms with E-state index in [0.717, 1.165) is 46.4 Å². The van der Waals surface area contributed by atoms with Crippen LogP contribution < -0.4 is 14.8 Å². The van der Waals surface area contributed by atoms with Gasteiger partial charge in [-0.1, -0.05) is 12.1 Å². The molecular weight excluding hydrogens is 475 g/mol. The molecule has 0 amide bonds. The molecule has 0 atom stereocenters. The molecule has 0 saturated carbocycles. The Kier molecular flexibility index (Phi) is 6.04. The Hall–Kier alpha value is -3.88. The highest BCUT2D eigenvalue weighted by molar-refractivity contribution is 7.17. The number of halogens is 1. The molecule has 0 aliphatic carbocycles. The van der Waals surface area contributed by atoms with Gasteiger partial charge in [0.25, 0.3) is 0 Å². The molecule has 3 aromatic heterocycles. The predicted octanol–water partition coefficient (Wildman–Crippen LogP) is 5.79. The molecule has 0 bridgehead atoms. The summed E-state index contributed by atoms with van der Waals surface area (Å²) in [6.07, 6.45) is 2.65. The molecule has 0 unspecified atom stereocenters. The van der Waals surface area contributed by atoms with Gasteiger partial charge in [0, 0.05) is 35.3 Å². The summed E-state index contributed by atoms with van der Waals surface area (Å²) < 4.78 is 26.6. The van der Waals surface area contributed by atoms with Crippen molar-refractivity contribution < 1.29 is 13.9 Å². The van der Waals surface area contributed by atoms with Gasteiger partial charge in [-0.25, -0.2) is 9.37 Å². The molecule has 180 valence electrons. The summed E-state index contributed by atoms with van der Waals surface area (Å²) >= 11 is 1.59. The van der Waals surface area contributed by atoms with Crippen molar-refractivity contribution >= 4 is 21.4 Å². The molecule has 8 heteroatoms. The summed E-state index contributed by atoms with van der Waals surface area (Å²) in [5, 5.41) is 15.7. The van der Waals surface area contributed by atoms with Gasteiger partial charge in [0.2, 0.25) is 5.88 Å². The van der Waals surface area contributed by atoms with Gasteiger partial charge in [-0.3, -0.25) is 0 Å². The van der Waals surface area contributed by atoms with Crippen LogP contribution in [0, 0.1) is 5.82 Å². The zero-order chi connectivity index (χ0) is 24.5. The predicted molar refractivity (Wildman–Crippen MR) is 139 cm³/mol. The van der Waals surface area contributed by atoms with Crippen molar-refractivity contribution in [1.29, 1.82) is 0 Å². The Labute approximate surface area is 211 Å². The molecule has 5 aromatic rings. The molecule has 1 aliphatic rings. The van der Waals surface area contributed by atoms with E-state index in [4.69, 9.17) is 9.47 Å². The average Bonchev–Trinajstić information content (AvgIpc) is 3.42. The normalized spacial score (nSPS) is 12.9. The van der Waals surface area contributed by atoms with Crippen molar-refractivity contribution in [2.45, 2.75) is 19.6 Å². The summed E-state index contributed by atoms with van der Waals surface area (Å²) in [5.41, 5.74) is 6.69. The van der Waals surface area contributed by atoms with E-state index in [1.54, 1.807) is 30.7 Å². The summed E-state index contributed by atoms with van der Waals surface area (Å²) in [5.74, 6) is 0.475. The summed E-state index contributed by atoms with van der Waals surface area (Å²) in [6.45, 7) is 2.05. The fourth-order valence-corrected chi connectivity index (χ4v) is 5.47. The van der Waals surface area contributed by atoms with Crippen molar-refractivity contribution in [1.82, 2.24) is 20.5 Å². The lowest BCUT2D eigenvalue weighted by molar-refractivity contribution is 0.293. The van der Waals surface area contributed by atoms with Crippen molar-refractivity contribution in [2.24, 2.45) is 0 Å². The Morgan fingerprint density at radius 3 is 2.86 bits per heavy atom. The first-order valence-corrected chi connectivity index (χ1v) is 12.6. The maximum Gasteiger partial charge on any atom is 0.219 e. The Morgan fingerprint density at radius 2 is 1.94 bits per heavy atom. The minimum absolute atomic E-state index is 0.177. The molecule has 0 radical (unpaired) electrons. The van der Waals surface area contributed by atoms with E-state index in [9.17, 15) is 4.39 Å². The van der Waals surface area contributed by atoms with Crippen molar-refractivity contribution in [3.05, 3.63) is 88.7 Å². The maximum atomic E-state index is 14.3. The fraction of sp³-hybridized carbons (Fsp3) is 0.179. The number of nitrogens with one attached hydrogen (secondary N) is 1. The second-order valence-electron chi connectivity index (χ2n) is 8.57. The van der Waals surface area contributed by atoms with Crippen LogP contribution in [0.1, 0.15) is 16.7 Å². The van der Waals surface area contributed by atoms with Crippen LogP contribution >= 0.6 is 11.3 Å². The van der Waals surface area contributed by atoms with Gasteiger partial charge in [0.15, 0.2) is 0 Å². The number of nitrogens with zero attached hydrogens (tertiary/aromatic N) is 3. The zero-order valence-electron chi connectivity index (χ0n) is 19.6. The molecule has 2 aromatic carbocycles. The molecule has 0 fully saturated rings. The quantitative estimate of drug-likeness (QED) is 0.320. The molecule has 4 heterocycles. The van der Waals surface area contributed by atoms with Crippen molar-refractivity contribution in [3.63, 3.8) is 0 Å². The smallest absolute Gasteiger partial charge is 0.219 e. The lowest BCUT2D eigenvalue weighted by Gasteiger charge is -2.18. The van der Waals surface area contributed by atoms with Crippen LogP contribution in [0.15, 0.2) is 66.2 Å². The van der Waals surface area contributed by atoms with Gasteiger partial charge in [-0.2, -0.15) is 0 Å². The lowest BCUT2D eigenvalue weighted by atomic mass is 9.96. The first-order chi connectivity index (χ1) is 17.7. The van der Waals surface area contributed by atoms with Gasteiger partial charge in [0.05, 0.1) is 17.4 Å². The first-order valence-electron chi connectivity index (χ1n) is 11.7. The average molecular weight is 499 g/mol. The number of fused-ring (bicyclic) bond motifs is 2. The molecular formula is C28H23FN4O2S. The third-order valence-corrected chi connectivity index (χ3v) is 7.30. The minimum atomic E-state index is -0.387. The number of ether oxygens (including phenoxy) is 2. The molecule has 0 saturated heterocycles. The van der Waals surface area contributed by atoms with E-state index in [1.165, 1.54) is 23.3 Å². The summed E-state index contributed by atoms with van der Waals surface area (Å²) in [6, 6.07) is 16.7. The van der Waals surface area contributed by atoms with Gasteiger partial charge in [0.1, 0.15) is 29.6 Å². The van der Waals surface area contributed by atoms with Gasteiger partial charge in [-0.15, -0.1) is 21.5 Å². The van der Waals surface area contributed by atoms with E-state index in [1.807, 2.05) is 17.5 Å². The monoisotopic (exact) mass is 498 g/mol. The Balaban J connectivity index is 1.39. The number of hydrogen-bond acceptors (Lipinski definition) is 7. The van der Waals surface area contributed by atoms with Crippen molar-refractivity contribution in [2.75, 3.05) is 13.7 Å². The third kappa shape index (κ3) is 4.19. The Bertz CT molecular complexity index is 1570. The number of aromatic nitrogens is 3. The standard InChI is InChI=1S/C28H23FN4O2S/c1-34-28-20(3-2-10-31-28)16-35-24-14-21(29)6-7-22(24)26-27-23(9-12-36-27)25(32-33-26)18-4-5-19-15-30-11-8-17(19)13-18/h2-7,9-10,12-14,30H,8,11,15-16H2,1H3. The zero-order valence-corrected chi connectivity index (χ0v) is 20.4. The SMILES string of the molecule is COc1ncccc1COc1cc(F)ccc1-c1nnc(-c2ccc3c(c2)CCNC3)c2ccsc12. The van der Waals surface area contributed by atoms with Gasteiger partial charge < -0.3 is 14.8 Å². The molecule has 1 aliphatic heterocycles. The van der Waals surface area contributed by atoms with E-state index in [2.05, 4.69) is 44.8 Å². The number of thiophene rings is 1. The molecule has 6 nitrogen and oxygen atoms in total. The van der Waals surface area contributed by atoms with Crippen LogP contribution in [0.4, 0.5) is 4.39 Å². The highest BCUT2D eigenvalue weighted by Gasteiger charge is 2.19. The number of hydrogen-bond donors (Lipinski definition) is 1. The molecule has 0 spiro atoms. The third-order valence-electron chi connectivity index (χ3n) is 6.38. The first kappa shape index (κ1) is 22.6. The van der Waals surface area contributed by atoms with Gasteiger partial charge >= 0.3 is 0 Å². The van der Waals surface area contributed by atoms with Crippen molar-refractivity contribution in [3.8, 4) is 34.1 Å².